The predicted molar refractivity (Wildman–Crippen MR) is 73.0 cm³/mol. The van der Waals surface area contributed by atoms with Crippen LogP contribution in [0.1, 0.15) is 49.1 Å². The molecule has 1 aromatic rings. The molecular weight excluding hydrogens is 282 g/mol. The van der Waals surface area contributed by atoms with Crippen molar-refractivity contribution in [1.29, 1.82) is 0 Å². The van der Waals surface area contributed by atoms with Crippen molar-refractivity contribution in [2.45, 2.75) is 51.1 Å². The zero-order chi connectivity index (χ0) is 11.1. The summed E-state index contributed by atoms with van der Waals surface area (Å²) in [6.45, 7) is 2.31. The van der Waals surface area contributed by atoms with Gasteiger partial charge in [0.05, 0.1) is 3.79 Å². The maximum Gasteiger partial charge on any atom is 0.0704 e. The van der Waals surface area contributed by atoms with Gasteiger partial charge in [0.1, 0.15) is 0 Å². The molecule has 3 atom stereocenters. The molecule has 0 spiro atoms. The molecule has 2 aliphatic rings. The van der Waals surface area contributed by atoms with Crippen LogP contribution < -0.4 is 5.32 Å². The van der Waals surface area contributed by atoms with E-state index in [1.54, 1.807) is 10.4 Å². The predicted octanol–water partition coefficient (Wildman–Crippen LogP) is 4.28. The number of halogens is 1. The van der Waals surface area contributed by atoms with Crippen LogP contribution in [0, 0.1) is 5.92 Å². The summed E-state index contributed by atoms with van der Waals surface area (Å²) in [5.74, 6) is 0.951. The number of aryl methyl sites for hydroxylation is 1. The van der Waals surface area contributed by atoms with Crippen LogP contribution in [0.15, 0.2) is 9.85 Å². The number of rotatable bonds is 3. The Hall–Kier alpha value is 0.140. The lowest BCUT2D eigenvalue weighted by Crippen LogP contribution is -2.27. The summed E-state index contributed by atoms with van der Waals surface area (Å²) >= 11 is 5.54. The van der Waals surface area contributed by atoms with E-state index in [0.717, 1.165) is 12.0 Å². The lowest BCUT2D eigenvalue weighted by atomic mass is 9.94. The van der Waals surface area contributed by atoms with Gasteiger partial charge >= 0.3 is 0 Å². The molecule has 1 saturated carbocycles. The van der Waals surface area contributed by atoms with Crippen LogP contribution in [0.2, 0.25) is 0 Å². The monoisotopic (exact) mass is 299 g/mol. The Balaban J connectivity index is 1.72. The van der Waals surface area contributed by atoms with E-state index in [0.29, 0.717) is 6.04 Å². The van der Waals surface area contributed by atoms with E-state index < -0.39 is 0 Å². The van der Waals surface area contributed by atoms with E-state index in [-0.39, 0.29) is 0 Å². The Labute approximate surface area is 110 Å². The first kappa shape index (κ1) is 11.2. The average Bonchev–Trinajstić information content (AvgIpc) is 2.90. The molecule has 3 rings (SSSR count). The Morgan fingerprint density at radius 2 is 2.44 bits per heavy atom. The third-order valence-electron chi connectivity index (χ3n) is 3.95. The average molecular weight is 300 g/mol. The van der Waals surface area contributed by atoms with E-state index in [2.05, 4.69) is 34.2 Å². The van der Waals surface area contributed by atoms with Gasteiger partial charge < -0.3 is 5.32 Å². The van der Waals surface area contributed by atoms with Gasteiger partial charge in [0, 0.05) is 17.0 Å². The first-order valence-corrected chi connectivity index (χ1v) is 7.93. The van der Waals surface area contributed by atoms with Crippen molar-refractivity contribution in [3.8, 4) is 0 Å². The maximum absolute atomic E-state index is 3.85. The molecule has 16 heavy (non-hydrogen) atoms. The van der Waals surface area contributed by atoms with Crippen molar-refractivity contribution in [2.75, 3.05) is 0 Å². The molecule has 0 aromatic carbocycles. The molecule has 1 nitrogen and oxygen atoms in total. The minimum absolute atomic E-state index is 0.632. The summed E-state index contributed by atoms with van der Waals surface area (Å²) < 4.78 is 1.30. The molecule has 3 heteroatoms. The normalized spacial score (nSPS) is 32.5. The van der Waals surface area contributed by atoms with Crippen molar-refractivity contribution < 1.29 is 0 Å². The van der Waals surface area contributed by atoms with Gasteiger partial charge in [0.2, 0.25) is 0 Å². The van der Waals surface area contributed by atoms with Crippen molar-refractivity contribution in [2.24, 2.45) is 5.92 Å². The first-order chi connectivity index (χ1) is 7.78. The van der Waals surface area contributed by atoms with Crippen LogP contribution in [0.25, 0.3) is 0 Å². The first-order valence-electron chi connectivity index (χ1n) is 6.32. The second kappa shape index (κ2) is 4.43. The van der Waals surface area contributed by atoms with E-state index in [1.807, 2.05) is 11.3 Å². The van der Waals surface area contributed by atoms with Gasteiger partial charge in [-0.05, 0) is 59.2 Å². The van der Waals surface area contributed by atoms with Gasteiger partial charge in [0.15, 0.2) is 0 Å². The number of fused-ring (bicyclic) bond motifs is 1. The molecule has 3 unspecified atom stereocenters. The maximum atomic E-state index is 3.85. The summed E-state index contributed by atoms with van der Waals surface area (Å²) in [4.78, 5) is 1.60. The molecule has 1 fully saturated rings. The second-order valence-corrected chi connectivity index (χ2v) is 7.57. The van der Waals surface area contributed by atoms with Gasteiger partial charge in [0.25, 0.3) is 0 Å². The number of thiophene rings is 1. The number of nitrogens with one attached hydrogen (secondary N) is 1. The highest BCUT2D eigenvalue weighted by atomic mass is 79.9. The molecule has 2 aliphatic carbocycles. The molecule has 0 bridgehead atoms. The molecule has 0 aliphatic heterocycles. The fraction of sp³-hybridized carbons (Fsp3) is 0.692. The molecule has 0 amide bonds. The topological polar surface area (TPSA) is 12.0 Å². The summed E-state index contributed by atoms with van der Waals surface area (Å²) in [5.41, 5.74) is 1.57. The van der Waals surface area contributed by atoms with Gasteiger partial charge in [-0.25, -0.2) is 0 Å². The highest BCUT2D eigenvalue weighted by molar-refractivity contribution is 9.11. The zero-order valence-electron chi connectivity index (χ0n) is 9.63. The Kier molecular flexibility index (Phi) is 3.11. The summed E-state index contributed by atoms with van der Waals surface area (Å²) in [6.07, 6.45) is 6.69. The highest BCUT2D eigenvalue weighted by Gasteiger charge is 2.37. The third-order valence-corrected chi connectivity index (χ3v) is 5.66. The SMILES string of the molecule is CCC1CC1NC1CCCc2sc(Br)cc21. The van der Waals surface area contributed by atoms with Crippen molar-refractivity contribution in [3.63, 3.8) is 0 Å². The highest BCUT2D eigenvalue weighted by Crippen LogP contribution is 2.41. The van der Waals surface area contributed by atoms with Crippen LogP contribution in [-0.2, 0) is 6.42 Å². The van der Waals surface area contributed by atoms with E-state index in [4.69, 9.17) is 0 Å². The van der Waals surface area contributed by atoms with Crippen LogP contribution in [0.5, 0.6) is 0 Å². The van der Waals surface area contributed by atoms with Gasteiger partial charge in [-0.1, -0.05) is 13.3 Å². The number of hydrogen-bond donors (Lipinski definition) is 1. The van der Waals surface area contributed by atoms with Crippen molar-refractivity contribution >= 4 is 27.3 Å². The Morgan fingerprint density at radius 3 is 3.19 bits per heavy atom. The minimum Gasteiger partial charge on any atom is -0.307 e. The summed E-state index contributed by atoms with van der Waals surface area (Å²) in [6, 6.07) is 3.77. The molecule has 1 heterocycles. The molecule has 0 radical (unpaired) electrons. The summed E-state index contributed by atoms with van der Waals surface area (Å²) in [7, 11) is 0. The summed E-state index contributed by atoms with van der Waals surface area (Å²) in [5, 5.41) is 3.85. The van der Waals surface area contributed by atoms with E-state index in [9.17, 15) is 0 Å². The van der Waals surface area contributed by atoms with E-state index in [1.165, 1.54) is 35.9 Å². The zero-order valence-corrected chi connectivity index (χ0v) is 12.0. The number of hydrogen-bond acceptors (Lipinski definition) is 2. The minimum atomic E-state index is 0.632. The van der Waals surface area contributed by atoms with E-state index >= 15 is 0 Å². The molecule has 0 saturated heterocycles. The quantitative estimate of drug-likeness (QED) is 0.878. The van der Waals surface area contributed by atoms with Crippen molar-refractivity contribution in [1.82, 2.24) is 5.32 Å². The van der Waals surface area contributed by atoms with Crippen LogP contribution >= 0.6 is 27.3 Å². The standard InChI is InChI=1S/C13H18BrNS/c1-2-8-6-11(8)15-10-4-3-5-12-9(10)7-13(14)16-12/h7-8,10-11,15H,2-6H2,1H3. The smallest absolute Gasteiger partial charge is 0.0704 e. The van der Waals surface area contributed by atoms with Crippen LogP contribution in [-0.4, -0.2) is 6.04 Å². The Morgan fingerprint density at radius 1 is 1.56 bits per heavy atom. The van der Waals surface area contributed by atoms with Crippen LogP contribution in [0.4, 0.5) is 0 Å². The largest absolute Gasteiger partial charge is 0.307 e. The lowest BCUT2D eigenvalue weighted by Gasteiger charge is -2.24. The fourth-order valence-electron chi connectivity index (χ4n) is 2.86. The van der Waals surface area contributed by atoms with Crippen molar-refractivity contribution in [3.05, 3.63) is 20.3 Å². The molecule has 1 N–H and O–H groups in total. The molecular formula is C13H18BrNS. The lowest BCUT2D eigenvalue weighted by molar-refractivity contribution is 0.448. The van der Waals surface area contributed by atoms with Gasteiger partial charge in [-0.3, -0.25) is 0 Å². The van der Waals surface area contributed by atoms with Gasteiger partial charge in [-0.2, -0.15) is 0 Å². The Bertz CT molecular complexity index is 387. The molecule has 88 valence electrons. The third kappa shape index (κ3) is 2.09. The second-order valence-electron chi connectivity index (χ2n) is 5.05. The van der Waals surface area contributed by atoms with Crippen LogP contribution in [0.3, 0.4) is 0 Å². The van der Waals surface area contributed by atoms with Gasteiger partial charge in [-0.15, -0.1) is 11.3 Å². The molecule has 1 aromatic heterocycles. The fourth-order valence-corrected chi connectivity index (χ4v) is 4.68.